The number of nitrogens with one attached hydrogen (secondary N) is 2. The van der Waals surface area contributed by atoms with E-state index in [1.54, 1.807) is 17.1 Å². The van der Waals surface area contributed by atoms with Crippen LogP contribution in [0, 0.1) is 5.92 Å². The lowest BCUT2D eigenvalue weighted by molar-refractivity contribution is -0.129. The van der Waals surface area contributed by atoms with Gasteiger partial charge in [-0.1, -0.05) is 6.07 Å². The van der Waals surface area contributed by atoms with Gasteiger partial charge in [-0.15, -0.1) is 0 Å². The number of aromatic nitrogens is 5. The van der Waals surface area contributed by atoms with Crippen molar-refractivity contribution in [2.75, 3.05) is 5.32 Å². The van der Waals surface area contributed by atoms with Gasteiger partial charge >= 0.3 is 0 Å². The van der Waals surface area contributed by atoms with E-state index in [1.165, 1.54) is 0 Å². The Bertz CT molecular complexity index is 1430. The van der Waals surface area contributed by atoms with E-state index in [0.717, 1.165) is 41.2 Å². The molecule has 180 valence electrons. The number of benzene rings is 1. The maximum atomic E-state index is 12.8. The highest BCUT2D eigenvalue weighted by atomic mass is 79.9. The van der Waals surface area contributed by atoms with Crippen LogP contribution in [0.25, 0.3) is 27.6 Å². The first-order valence-electron chi connectivity index (χ1n) is 11.9. The van der Waals surface area contributed by atoms with Gasteiger partial charge < -0.3 is 15.7 Å². The molecule has 0 radical (unpaired) electrons. The number of carbonyl (C=O) groups is 1. The van der Waals surface area contributed by atoms with E-state index >= 15 is 0 Å². The number of halogens is 1. The highest BCUT2D eigenvalue weighted by Gasteiger charge is 2.42. The highest BCUT2D eigenvalue weighted by Crippen LogP contribution is 2.34. The largest absolute Gasteiger partial charge is 0.393 e. The molecule has 4 aromatic rings. The van der Waals surface area contributed by atoms with Gasteiger partial charge in [0, 0.05) is 35.3 Å². The minimum atomic E-state index is -0.301. The molecule has 0 spiro atoms. The van der Waals surface area contributed by atoms with E-state index in [2.05, 4.69) is 41.6 Å². The first-order chi connectivity index (χ1) is 16.9. The summed E-state index contributed by atoms with van der Waals surface area (Å²) in [4.78, 5) is 26.4. The molecule has 35 heavy (non-hydrogen) atoms. The minimum Gasteiger partial charge on any atom is -0.393 e. The molecular weight excluding hydrogens is 510 g/mol. The van der Waals surface area contributed by atoms with Crippen LogP contribution in [0.1, 0.15) is 39.0 Å². The standard InChI is InChI=1S/C25H26BrN7O2/c1-25(11-18(34)12-25)31-23(35)15-4-5-16(9-15)29-24-28-13-19-21(26)32-33(22(19)30-24)17-6-7-20-14(10-17)3-2-8-27-20/h2-3,6-8,10,13,15-16,18,34H,4-5,9,11-12H2,1H3,(H,31,35)(H,28,29,30)/t15-,16-,18?,25?/m1/s1. The quantitative estimate of drug-likeness (QED) is 0.356. The summed E-state index contributed by atoms with van der Waals surface area (Å²) in [5.74, 6) is 0.554. The van der Waals surface area contributed by atoms with Gasteiger partial charge in [-0.2, -0.15) is 10.1 Å². The molecule has 2 saturated carbocycles. The summed E-state index contributed by atoms with van der Waals surface area (Å²) in [7, 11) is 0. The zero-order chi connectivity index (χ0) is 24.2. The van der Waals surface area contributed by atoms with Crippen LogP contribution in [0.2, 0.25) is 0 Å². The van der Waals surface area contributed by atoms with Crippen LogP contribution in [0.15, 0.2) is 47.3 Å². The van der Waals surface area contributed by atoms with Crippen molar-refractivity contribution in [2.24, 2.45) is 5.92 Å². The predicted molar refractivity (Wildman–Crippen MR) is 136 cm³/mol. The molecule has 3 N–H and O–H groups in total. The Morgan fingerprint density at radius 3 is 2.91 bits per heavy atom. The molecule has 0 unspecified atom stereocenters. The molecule has 2 atom stereocenters. The van der Waals surface area contributed by atoms with Crippen molar-refractivity contribution in [3.05, 3.63) is 47.3 Å². The van der Waals surface area contributed by atoms with Crippen LogP contribution < -0.4 is 10.6 Å². The third kappa shape index (κ3) is 4.25. The zero-order valence-electron chi connectivity index (χ0n) is 19.3. The van der Waals surface area contributed by atoms with Gasteiger partial charge in [-0.3, -0.25) is 9.78 Å². The van der Waals surface area contributed by atoms with Crippen LogP contribution in [0.4, 0.5) is 5.95 Å². The number of pyridine rings is 1. The maximum Gasteiger partial charge on any atom is 0.224 e. The molecule has 6 rings (SSSR count). The number of carbonyl (C=O) groups excluding carboxylic acids is 1. The summed E-state index contributed by atoms with van der Waals surface area (Å²) < 4.78 is 2.48. The smallest absolute Gasteiger partial charge is 0.224 e. The number of fused-ring (bicyclic) bond motifs is 2. The monoisotopic (exact) mass is 535 g/mol. The van der Waals surface area contributed by atoms with Crippen molar-refractivity contribution in [3.63, 3.8) is 0 Å². The summed E-state index contributed by atoms with van der Waals surface area (Å²) in [5.41, 5.74) is 2.23. The molecule has 3 heterocycles. The van der Waals surface area contributed by atoms with E-state index < -0.39 is 0 Å². The van der Waals surface area contributed by atoms with Gasteiger partial charge in [-0.05, 0) is 79.2 Å². The van der Waals surface area contributed by atoms with Crippen molar-refractivity contribution >= 4 is 49.7 Å². The van der Waals surface area contributed by atoms with Crippen LogP contribution >= 0.6 is 15.9 Å². The Hall–Kier alpha value is -3.11. The van der Waals surface area contributed by atoms with Crippen molar-refractivity contribution in [1.82, 2.24) is 30.0 Å². The number of aliphatic hydroxyl groups is 1. The van der Waals surface area contributed by atoms with E-state index in [9.17, 15) is 9.90 Å². The second-order valence-electron chi connectivity index (χ2n) is 9.98. The molecule has 1 amide bonds. The fraction of sp³-hybridized carbons (Fsp3) is 0.400. The highest BCUT2D eigenvalue weighted by molar-refractivity contribution is 9.10. The molecule has 2 fully saturated rings. The van der Waals surface area contributed by atoms with Gasteiger partial charge in [0.05, 0.1) is 22.7 Å². The Kier molecular flexibility index (Phi) is 5.45. The minimum absolute atomic E-state index is 0.0447. The van der Waals surface area contributed by atoms with Gasteiger partial charge in [0.2, 0.25) is 11.9 Å². The number of rotatable bonds is 5. The number of nitrogens with zero attached hydrogens (tertiary/aromatic N) is 5. The van der Waals surface area contributed by atoms with E-state index in [1.807, 2.05) is 37.3 Å². The van der Waals surface area contributed by atoms with Gasteiger partial charge in [0.15, 0.2) is 5.65 Å². The molecular formula is C25H26BrN7O2. The van der Waals surface area contributed by atoms with Gasteiger partial charge in [0.1, 0.15) is 4.60 Å². The van der Waals surface area contributed by atoms with Gasteiger partial charge in [0.25, 0.3) is 0 Å². The number of amides is 1. The number of aliphatic hydroxyl groups excluding tert-OH is 1. The Balaban J connectivity index is 1.20. The average Bonchev–Trinajstić information content (AvgIpc) is 3.42. The molecule has 2 aliphatic carbocycles. The number of anilines is 1. The van der Waals surface area contributed by atoms with E-state index in [0.29, 0.717) is 29.0 Å². The molecule has 2 aliphatic rings. The fourth-order valence-corrected chi connectivity index (χ4v) is 5.77. The summed E-state index contributed by atoms with van der Waals surface area (Å²) >= 11 is 3.53. The number of hydrogen-bond acceptors (Lipinski definition) is 7. The summed E-state index contributed by atoms with van der Waals surface area (Å²) in [6.45, 7) is 2.00. The van der Waals surface area contributed by atoms with Crippen molar-refractivity contribution in [2.45, 2.75) is 56.7 Å². The Morgan fingerprint density at radius 1 is 1.23 bits per heavy atom. The first kappa shape index (κ1) is 22.4. The first-order valence-corrected chi connectivity index (χ1v) is 12.7. The van der Waals surface area contributed by atoms with Crippen LogP contribution in [0.5, 0.6) is 0 Å². The molecule has 0 aliphatic heterocycles. The third-order valence-electron chi connectivity index (χ3n) is 7.14. The lowest BCUT2D eigenvalue weighted by atomic mass is 9.75. The molecule has 10 heteroatoms. The Labute approximate surface area is 210 Å². The summed E-state index contributed by atoms with van der Waals surface area (Å²) in [5, 5.41) is 22.6. The molecule has 0 bridgehead atoms. The van der Waals surface area contributed by atoms with Crippen molar-refractivity contribution in [1.29, 1.82) is 0 Å². The number of hydrogen-bond donors (Lipinski definition) is 3. The lowest BCUT2D eigenvalue weighted by Crippen LogP contribution is -2.58. The normalized spacial score (nSPS) is 26.1. The molecule has 9 nitrogen and oxygen atoms in total. The third-order valence-corrected chi connectivity index (χ3v) is 7.73. The Morgan fingerprint density at radius 2 is 2.09 bits per heavy atom. The topological polar surface area (TPSA) is 118 Å². The second kappa shape index (κ2) is 8.53. The van der Waals surface area contributed by atoms with Crippen LogP contribution in [-0.4, -0.2) is 53.4 Å². The van der Waals surface area contributed by atoms with Crippen molar-refractivity contribution in [3.8, 4) is 5.69 Å². The van der Waals surface area contributed by atoms with Gasteiger partial charge in [-0.25, -0.2) is 9.67 Å². The predicted octanol–water partition coefficient (Wildman–Crippen LogP) is 3.74. The van der Waals surface area contributed by atoms with Crippen molar-refractivity contribution < 1.29 is 9.90 Å². The molecule has 0 saturated heterocycles. The maximum absolute atomic E-state index is 12.8. The molecule has 1 aromatic carbocycles. The lowest BCUT2D eigenvalue weighted by Gasteiger charge is -2.43. The zero-order valence-corrected chi connectivity index (χ0v) is 20.9. The average molecular weight is 536 g/mol. The fourth-order valence-electron chi connectivity index (χ4n) is 5.33. The molecule has 3 aromatic heterocycles. The summed E-state index contributed by atoms with van der Waals surface area (Å²) in [6, 6.07) is 10.0. The van der Waals surface area contributed by atoms with Crippen LogP contribution in [-0.2, 0) is 4.79 Å². The SMILES string of the molecule is CC1(NC(=O)[C@@H]2CC[C@@H](Nc3ncc4c(Br)nn(-c5ccc6ncccc6c5)c4n3)C2)CC(O)C1. The summed E-state index contributed by atoms with van der Waals surface area (Å²) in [6.07, 6.45) is 6.91. The van der Waals surface area contributed by atoms with E-state index in [-0.39, 0.29) is 29.5 Å². The van der Waals surface area contributed by atoms with E-state index in [4.69, 9.17) is 4.98 Å². The van der Waals surface area contributed by atoms with Crippen LogP contribution in [0.3, 0.4) is 0 Å². The second-order valence-corrected chi connectivity index (χ2v) is 10.7.